The summed E-state index contributed by atoms with van der Waals surface area (Å²) in [6.45, 7) is 4.19. The Hall–Kier alpha value is -1.57. The highest BCUT2D eigenvalue weighted by Crippen LogP contribution is 2.21. The lowest BCUT2D eigenvalue weighted by Crippen LogP contribution is -1.97. The molecule has 2 nitrogen and oxygen atoms in total. The SMILES string of the molecule is Cc1ccc(N/C=C2/CCCC2=O)cc1C. The van der Waals surface area contributed by atoms with Crippen LogP contribution in [-0.2, 0) is 4.79 Å². The van der Waals surface area contributed by atoms with Crippen molar-refractivity contribution in [1.82, 2.24) is 0 Å². The van der Waals surface area contributed by atoms with Crippen molar-refractivity contribution < 1.29 is 4.79 Å². The summed E-state index contributed by atoms with van der Waals surface area (Å²) >= 11 is 0. The second-order valence-corrected chi connectivity index (χ2v) is 4.39. The number of nitrogens with one attached hydrogen (secondary N) is 1. The van der Waals surface area contributed by atoms with E-state index in [1.54, 1.807) is 0 Å². The second kappa shape index (κ2) is 4.52. The van der Waals surface area contributed by atoms with Gasteiger partial charge in [-0.3, -0.25) is 4.79 Å². The Labute approximate surface area is 96.4 Å². The van der Waals surface area contributed by atoms with E-state index in [-0.39, 0.29) is 5.78 Å². The summed E-state index contributed by atoms with van der Waals surface area (Å²) < 4.78 is 0. The van der Waals surface area contributed by atoms with Crippen molar-refractivity contribution in [3.05, 3.63) is 41.1 Å². The van der Waals surface area contributed by atoms with E-state index in [9.17, 15) is 4.79 Å². The standard InChI is InChI=1S/C14H17NO/c1-10-6-7-13(8-11(10)2)15-9-12-4-3-5-14(12)16/h6-9,15H,3-5H2,1-2H3/b12-9-. The maximum Gasteiger partial charge on any atom is 0.160 e. The van der Waals surface area contributed by atoms with E-state index in [1.165, 1.54) is 11.1 Å². The van der Waals surface area contributed by atoms with Crippen LogP contribution < -0.4 is 5.32 Å². The van der Waals surface area contributed by atoms with Gasteiger partial charge in [0.2, 0.25) is 0 Å². The number of allylic oxidation sites excluding steroid dienone is 1. The Bertz CT molecular complexity index is 446. The molecule has 16 heavy (non-hydrogen) atoms. The van der Waals surface area contributed by atoms with E-state index < -0.39 is 0 Å². The van der Waals surface area contributed by atoms with E-state index >= 15 is 0 Å². The number of anilines is 1. The molecule has 1 aliphatic carbocycles. The molecule has 0 spiro atoms. The van der Waals surface area contributed by atoms with Gasteiger partial charge in [-0.1, -0.05) is 6.07 Å². The van der Waals surface area contributed by atoms with Gasteiger partial charge in [-0.25, -0.2) is 0 Å². The van der Waals surface area contributed by atoms with Gasteiger partial charge in [0.05, 0.1) is 0 Å². The summed E-state index contributed by atoms with van der Waals surface area (Å²) in [6.07, 6.45) is 4.48. The van der Waals surface area contributed by atoms with E-state index in [1.807, 2.05) is 12.3 Å². The fraction of sp³-hybridized carbons (Fsp3) is 0.357. The first-order chi connectivity index (χ1) is 7.66. The third-order valence-electron chi connectivity index (χ3n) is 3.13. The maximum absolute atomic E-state index is 11.4. The maximum atomic E-state index is 11.4. The van der Waals surface area contributed by atoms with Gasteiger partial charge >= 0.3 is 0 Å². The van der Waals surface area contributed by atoms with Crippen LogP contribution in [0.3, 0.4) is 0 Å². The van der Waals surface area contributed by atoms with Gasteiger partial charge in [-0.2, -0.15) is 0 Å². The van der Waals surface area contributed by atoms with E-state index in [0.717, 1.165) is 24.1 Å². The molecule has 0 unspecified atom stereocenters. The van der Waals surface area contributed by atoms with E-state index in [2.05, 4.69) is 31.3 Å². The minimum atomic E-state index is 0.288. The van der Waals surface area contributed by atoms with Gasteiger partial charge in [0.15, 0.2) is 5.78 Å². The molecule has 0 bridgehead atoms. The summed E-state index contributed by atoms with van der Waals surface area (Å²) in [6, 6.07) is 6.23. The molecule has 1 aromatic rings. The van der Waals surface area contributed by atoms with Gasteiger partial charge in [-0.15, -0.1) is 0 Å². The number of aryl methyl sites for hydroxylation is 2. The Balaban J connectivity index is 2.09. The number of carbonyl (C=O) groups excluding carboxylic acids is 1. The average Bonchev–Trinajstić information content (AvgIpc) is 2.66. The molecule has 1 fully saturated rings. The summed E-state index contributed by atoms with van der Waals surface area (Å²) in [7, 11) is 0. The Morgan fingerprint density at radius 2 is 2.00 bits per heavy atom. The molecular formula is C14H17NO. The molecule has 0 atom stereocenters. The molecule has 1 aliphatic rings. The van der Waals surface area contributed by atoms with Crippen LogP contribution in [0.2, 0.25) is 0 Å². The zero-order chi connectivity index (χ0) is 11.5. The number of hydrogen-bond donors (Lipinski definition) is 1. The molecule has 2 heteroatoms. The number of rotatable bonds is 2. The highest BCUT2D eigenvalue weighted by Gasteiger charge is 2.16. The third-order valence-corrected chi connectivity index (χ3v) is 3.13. The molecule has 0 heterocycles. The van der Waals surface area contributed by atoms with Crippen LogP contribution in [0.5, 0.6) is 0 Å². The van der Waals surface area contributed by atoms with Crippen molar-refractivity contribution in [2.45, 2.75) is 33.1 Å². The van der Waals surface area contributed by atoms with Gasteiger partial charge in [0, 0.05) is 23.9 Å². The molecule has 1 saturated carbocycles. The van der Waals surface area contributed by atoms with Crippen LogP contribution in [0.25, 0.3) is 0 Å². The first kappa shape index (κ1) is 10.9. The predicted octanol–water partition coefficient (Wildman–Crippen LogP) is 3.35. The van der Waals surface area contributed by atoms with E-state index in [4.69, 9.17) is 0 Å². The van der Waals surface area contributed by atoms with Crippen molar-refractivity contribution in [3.63, 3.8) is 0 Å². The van der Waals surface area contributed by atoms with Crippen molar-refractivity contribution in [3.8, 4) is 0 Å². The molecule has 1 aromatic carbocycles. The van der Waals surface area contributed by atoms with Gasteiger partial charge in [0.25, 0.3) is 0 Å². The smallest absolute Gasteiger partial charge is 0.160 e. The molecule has 84 valence electrons. The molecule has 0 radical (unpaired) electrons. The Morgan fingerprint density at radius 1 is 1.19 bits per heavy atom. The molecule has 1 N–H and O–H groups in total. The zero-order valence-corrected chi connectivity index (χ0v) is 9.84. The average molecular weight is 215 g/mol. The lowest BCUT2D eigenvalue weighted by atomic mass is 10.1. The van der Waals surface area contributed by atoms with Crippen molar-refractivity contribution in [2.24, 2.45) is 0 Å². The first-order valence-electron chi connectivity index (χ1n) is 5.73. The first-order valence-corrected chi connectivity index (χ1v) is 5.73. The van der Waals surface area contributed by atoms with Gasteiger partial charge < -0.3 is 5.32 Å². The summed E-state index contributed by atoms with van der Waals surface area (Å²) in [5, 5.41) is 3.20. The fourth-order valence-electron chi connectivity index (χ4n) is 1.89. The number of hydrogen-bond acceptors (Lipinski definition) is 2. The van der Waals surface area contributed by atoms with Crippen LogP contribution >= 0.6 is 0 Å². The lowest BCUT2D eigenvalue weighted by Gasteiger charge is -2.05. The van der Waals surface area contributed by atoms with Crippen molar-refractivity contribution in [2.75, 3.05) is 5.32 Å². The van der Waals surface area contributed by atoms with Gasteiger partial charge in [0.1, 0.15) is 0 Å². The van der Waals surface area contributed by atoms with Crippen LogP contribution in [0.15, 0.2) is 30.0 Å². The monoisotopic (exact) mass is 215 g/mol. The fourth-order valence-corrected chi connectivity index (χ4v) is 1.89. The zero-order valence-electron chi connectivity index (χ0n) is 9.84. The number of ketones is 1. The summed E-state index contributed by atoms with van der Waals surface area (Å²) in [5.41, 5.74) is 4.53. The minimum absolute atomic E-state index is 0.288. The van der Waals surface area contributed by atoms with Crippen molar-refractivity contribution >= 4 is 11.5 Å². The Kier molecular flexibility index (Phi) is 3.09. The molecule has 0 aliphatic heterocycles. The molecular weight excluding hydrogens is 198 g/mol. The van der Waals surface area contributed by atoms with Gasteiger partial charge in [-0.05, 0) is 49.9 Å². The highest BCUT2D eigenvalue weighted by molar-refractivity contribution is 5.97. The molecule has 0 amide bonds. The number of benzene rings is 1. The molecule has 0 aromatic heterocycles. The van der Waals surface area contributed by atoms with Crippen LogP contribution in [-0.4, -0.2) is 5.78 Å². The normalized spacial score (nSPS) is 18.1. The van der Waals surface area contributed by atoms with Crippen LogP contribution in [0.1, 0.15) is 30.4 Å². The summed E-state index contributed by atoms with van der Waals surface area (Å²) in [5.74, 6) is 0.288. The largest absolute Gasteiger partial charge is 0.361 e. The summed E-state index contributed by atoms with van der Waals surface area (Å²) in [4.78, 5) is 11.4. The quantitative estimate of drug-likeness (QED) is 0.766. The molecule has 2 rings (SSSR count). The minimum Gasteiger partial charge on any atom is -0.361 e. The lowest BCUT2D eigenvalue weighted by molar-refractivity contribution is -0.114. The number of Topliss-reactive ketones (excluding diaryl/α,β-unsaturated/α-hetero) is 1. The van der Waals surface area contributed by atoms with Crippen molar-refractivity contribution in [1.29, 1.82) is 0 Å². The van der Waals surface area contributed by atoms with Crippen LogP contribution in [0.4, 0.5) is 5.69 Å². The molecule has 0 saturated heterocycles. The number of carbonyl (C=O) groups is 1. The van der Waals surface area contributed by atoms with E-state index in [0.29, 0.717) is 6.42 Å². The third kappa shape index (κ3) is 2.32. The predicted molar refractivity (Wildman–Crippen MR) is 66.5 cm³/mol. The highest BCUT2D eigenvalue weighted by atomic mass is 16.1. The van der Waals surface area contributed by atoms with Crippen LogP contribution in [0, 0.1) is 13.8 Å². The topological polar surface area (TPSA) is 29.1 Å². The Morgan fingerprint density at radius 3 is 2.62 bits per heavy atom. The second-order valence-electron chi connectivity index (χ2n) is 4.39.